The van der Waals surface area contributed by atoms with Crippen LogP contribution in [-0.2, 0) is 40.3 Å². The van der Waals surface area contributed by atoms with Crippen molar-refractivity contribution in [3.05, 3.63) is 55.1 Å². The number of carbonyl (C=O) groups excluding carboxylic acids is 3. The van der Waals surface area contributed by atoms with E-state index < -0.39 is 28.8 Å². The Hall–Kier alpha value is -2.45. The number of nitrogens with zero attached hydrogens (tertiary/aromatic N) is 4. The Morgan fingerprint density at radius 1 is 0.780 bits per heavy atom. The van der Waals surface area contributed by atoms with Crippen LogP contribution in [-0.4, -0.2) is 90.0 Å². The van der Waals surface area contributed by atoms with Gasteiger partial charge in [0.2, 0.25) is 5.43 Å². The van der Waals surface area contributed by atoms with Crippen LogP contribution in [0.5, 0.6) is 5.75 Å². The van der Waals surface area contributed by atoms with Crippen LogP contribution in [0, 0.1) is 36.9 Å². The molecule has 0 saturated carbocycles. The normalized spacial score (nSPS) is 15.4. The minimum absolute atomic E-state index is 0. The molecule has 0 amide bonds. The summed E-state index contributed by atoms with van der Waals surface area (Å²) in [6.07, 6.45) is 2.37. The second kappa shape index (κ2) is 16.9. The molecule has 14 heteroatoms. The van der Waals surface area contributed by atoms with E-state index in [9.17, 15) is 39.3 Å². The standard InChI is InChI=1S/C27H36N4O9.Tm/c1-2-40-27-21(25(38)26(27)39)6-4-3-5-18-11-19-13-30(16-23(34)35)9-7-29(15-22(32)33)8-10-31(17-24(36)37)14-20(12-18)28-19;/h11-12H,2-10,13-17H2,1H3,(H,32,33)(H,34,35)(H,36,37);/p-3. The molecule has 2 heterocycles. The van der Waals surface area contributed by atoms with Crippen LogP contribution in [0.1, 0.15) is 42.3 Å². The Labute approximate surface area is 266 Å². The van der Waals surface area contributed by atoms with Crippen molar-refractivity contribution in [1.82, 2.24) is 19.7 Å². The van der Waals surface area contributed by atoms with Gasteiger partial charge in [0.05, 0.1) is 35.9 Å². The molecule has 1 aromatic carbocycles. The molecule has 1 aromatic heterocycles. The van der Waals surface area contributed by atoms with Gasteiger partial charge in [-0.2, -0.15) is 0 Å². The zero-order valence-electron chi connectivity index (χ0n) is 22.8. The summed E-state index contributed by atoms with van der Waals surface area (Å²) in [6, 6.07) is 3.70. The number of aliphatic carboxylic acids is 3. The van der Waals surface area contributed by atoms with Crippen LogP contribution in [0.3, 0.4) is 0 Å². The Balaban J connectivity index is 0.00000588. The Kier molecular flexibility index (Phi) is 14.3. The van der Waals surface area contributed by atoms with Gasteiger partial charge in [-0.1, -0.05) is 0 Å². The maximum absolute atomic E-state index is 11.9. The molecule has 0 aliphatic carbocycles. The first-order valence-electron chi connectivity index (χ1n) is 13.3. The summed E-state index contributed by atoms with van der Waals surface area (Å²) in [4.78, 5) is 67.0. The molecule has 1 aliphatic rings. The van der Waals surface area contributed by atoms with Crippen LogP contribution < -0.4 is 30.9 Å². The molecule has 1 aliphatic heterocycles. The van der Waals surface area contributed by atoms with Gasteiger partial charge in [-0.15, -0.1) is 0 Å². The molecule has 2 bridgehead atoms. The topological polar surface area (TPSA) is 186 Å². The Morgan fingerprint density at radius 3 is 1.73 bits per heavy atom. The van der Waals surface area contributed by atoms with Gasteiger partial charge in [0.25, 0.3) is 5.43 Å². The van der Waals surface area contributed by atoms with Gasteiger partial charge in [0.15, 0.2) is 5.75 Å². The summed E-state index contributed by atoms with van der Waals surface area (Å²) in [7, 11) is 0. The first-order chi connectivity index (χ1) is 19.0. The molecule has 2 aromatic rings. The number of aryl methyl sites for hydroxylation is 1. The molecular formula is C27H33N4O9Tm-3. The number of hydrogen-bond acceptors (Lipinski definition) is 13. The fourth-order valence-electron chi connectivity index (χ4n) is 4.87. The number of fused-ring (bicyclic) bond motifs is 2. The maximum Gasteiger partial charge on any atom is 0.268 e. The Bertz CT molecular complexity index is 1230. The monoisotopic (exact) mass is 726 g/mol. The van der Waals surface area contributed by atoms with Crippen molar-refractivity contribution in [2.45, 2.75) is 45.7 Å². The molecule has 1 radical (unpaired) electrons. The summed E-state index contributed by atoms with van der Waals surface area (Å²) in [5.41, 5.74) is 1.40. The maximum atomic E-state index is 11.9. The van der Waals surface area contributed by atoms with Gasteiger partial charge < -0.3 is 34.4 Å². The third kappa shape index (κ3) is 11.0. The summed E-state index contributed by atoms with van der Waals surface area (Å²) in [6.45, 7) is 2.11. The molecule has 0 saturated heterocycles. The van der Waals surface area contributed by atoms with E-state index in [0.29, 0.717) is 49.2 Å². The van der Waals surface area contributed by atoms with Gasteiger partial charge in [0.1, 0.15) is 0 Å². The number of carboxylic acid groups (broad SMARTS) is 3. The summed E-state index contributed by atoms with van der Waals surface area (Å²) >= 11 is 0. The van der Waals surface area contributed by atoms with Crippen LogP contribution in [0.2, 0.25) is 0 Å². The third-order valence-electron chi connectivity index (χ3n) is 6.68. The van der Waals surface area contributed by atoms with Crippen molar-refractivity contribution in [3.8, 4) is 5.75 Å². The van der Waals surface area contributed by atoms with Crippen LogP contribution in [0.4, 0.5) is 0 Å². The number of rotatable bonds is 13. The van der Waals surface area contributed by atoms with E-state index in [1.807, 2.05) is 12.1 Å². The molecular weight excluding hydrogens is 693 g/mol. The SMILES string of the molecule is CCOc1c(CCCCc2cc3nc(c2)CN(CC(=O)[O-])CCN(CC(=O)[O-])CCN(CC(=O)[O-])C3)c(=O)c1=O.[Tm]. The van der Waals surface area contributed by atoms with Gasteiger partial charge in [0, 0.05) is 101 Å². The van der Waals surface area contributed by atoms with Gasteiger partial charge in [-0.3, -0.25) is 29.3 Å². The number of aromatic nitrogens is 1. The van der Waals surface area contributed by atoms with E-state index in [1.54, 1.807) is 21.6 Å². The van der Waals surface area contributed by atoms with E-state index in [0.717, 1.165) is 5.56 Å². The number of carboxylic acids is 3. The summed E-state index contributed by atoms with van der Waals surface area (Å²) < 4.78 is 5.27. The zero-order chi connectivity index (χ0) is 29.2. The average molecular weight is 727 g/mol. The van der Waals surface area contributed by atoms with Crippen molar-refractivity contribution < 1.29 is 71.3 Å². The van der Waals surface area contributed by atoms with E-state index in [4.69, 9.17) is 4.74 Å². The van der Waals surface area contributed by atoms with Gasteiger partial charge in [-0.05, 0) is 50.3 Å². The first-order valence-corrected chi connectivity index (χ1v) is 13.3. The molecule has 231 valence electrons. The molecule has 3 rings (SSSR count). The molecule has 0 fully saturated rings. The second-order valence-corrected chi connectivity index (χ2v) is 9.88. The zero-order valence-corrected chi connectivity index (χ0v) is 24.6. The first kappa shape index (κ1) is 34.8. The molecule has 13 nitrogen and oxygen atoms in total. The van der Waals surface area contributed by atoms with Gasteiger partial charge in [-0.25, -0.2) is 0 Å². The van der Waals surface area contributed by atoms with Crippen LogP contribution in [0.25, 0.3) is 0 Å². The largest absolute Gasteiger partial charge is 0.549 e. The van der Waals surface area contributed by atoms with Crippen LogP contribution >= 0.6 is 0 Å². The molecule has 0 atom stereocenters. The van der Waals surface area contributed by atoms with E-state index in [1.165, 1.54) is 0 Å². The second-order valence-electron chi connectivity index (χ2n) is 9.88. The summed E-state index contributed by atoms with van der Waals surface area (Å²) in [5.74, 6) is -3.69. The molecule has 0 unspecified atom stereocenters. The van der Waals surface area contributed by atoms with Crippen molar-refractivity contribution >= 4 is 17.9 Å². The molecule has 41 heavy (non-hydrogen) atoms. The molecule has 0 N–H and O–H groups in total. The van der Waals surface area contributed by atoms with E-state index in [-0.39, 0.29) is 102 Å². The molecule has 0 spiro atoms. The number of pyridine rings is 1. The minimum atomic E-state index is -1.29. The fraction of sp³-hybridized carbons (Fsp3) is 0.556. The number of unbranched alkanes of at least 4 members (excludes halogenated alkanes) is 1. The minimum Gasteiger partial charge on any atom is -0.549 e. The van der Waals surface area contributed by atoms with Crippen molar-refractivity contribution in [2.24, 2.45) is 0 Å². The van der Waals surface area contributed by atoms with E-state index in [2.05, 4.69) is 4.98 Å². The Morgan fingerprint density at radius 2 is 1.24 bits per heavy atom. The quantitative estimate of drug-likeness (QED) is 0.143. The van der Waals surface area contributed by atoms with Crippen molar-refractivity contribution in [2.75, 3.05) is 52.4 Å². The number of carbonyl (C=O) groups is 3. The summed E-state index contributed by atoms with van der Waals surface area (Å²) in [5, 5.41) is 34.0. The van der Waals surface area contributed by atoms with E-state index >= 15 is 0 Å². The average Bonchev–Trinajstić information content (AvgIpc) is 2.87. The van der Waals surface area contributed by atoms with Crippen molar-refractivity contribution in [1.29, 1.82) is 0 Å². The third-order valence-corrected chi connectivity index (χ3v) is 6.68. The number of hydrogen-bond donors (Lipinski definition) is 0. The smallest absolute Gasteiger partial charge is 0.268 e. The predicted molar refractivity (Wildman–Crippen MR) is 135 cm³/mol. The van der Waals surface area contributed by atoms with Gasteiger partial charge >= 0.3 is 0 Å². The predicted octanol–water partition coefficient (Wildman–Crippen LogP) is -4.19. The number of ether oxygens (including phenoxy) is 1. The van der Waals surface area contributed by atoms with Crippen molar-refractivity contribution in [3.63, 3.8) is 0 Å². The van der Waals surface area contributed by atoms with Crippen LogP contribution in [0.15, 0.2) is 21.7 Å². The fourth-order valence-corrected chi connectivity index (χ4v) is 4.87.